The summed E-state index contributed by atoms with van der Waals surface area (Å²) in [5, 5.41) is 20.0. The fourth-order valence-electron chi connectivity index (χ4n) is 1.18. The highest BCUT2D eigenvalue weighted by Gasteiger charge is 2.02. The minimum absolute atomic E-state index is 0.476. The lowest BCUT2D eigenvalue weighted by Crippen LogP contribution is -2.05. The molecule has 0 saturated carbocycles. The van der Waals surface area contributed by atoms with Gasteiger partial charge < -0.3 is 0 Å². The third-order valence-corrected chi connectivity index (χ3v) is 1.84. The van der Waals surface area contributed by atoms with Gasteiger partial charge in [-0.15, -0.1) is 10.2 Å². The predicted octanol–water partition coefficient (Wildman–Crippen LogP) is 0.593. The van der Waals surface area contributed by atoms with Gasteiger partial charge in [-0.3, -0.25) is 0 Å². The van der Waals surface area contributed by atoms with Gasteiger partial charge >= 0.3 is 0 Å². The van der Waals surface area contributed by atoms with Crippen LogP contribution >= 0.6 is 0 Å². The quantitative estimate of drug-likeness (QED) is 0.686. The molecule has 0 saturated heterocycles. The number of nitriles is 1. The van der Waals surface area contributed by atoms with Crippen LogP contribution < -0.4 is 0 Å². The minimum Gasteiger partial charge on any atom is -0.192 e. The van der Waals surface area contributed by atoms with Gasteiger partial charge in [-0.2, -0.15) is 10.1 Å². The van der Waals surface area contributed by atoms with E-state index in [1.54, 1.807) is 6.07 Å². The third kappa shape index (κ3) is 1.59. The Labute approximate surface area is 80.6 Å². The van der Waals surface area contributed by atoms with Crippen LogP contribution in [0.15, 0.2) is 30.6 Å². The predicted molar refractivity (Wildman–Crippen MR) is 48.1 cm³/mol. The van der Waals surface area contributed by atoms with Gasteiger partial charge in [-0.25, -0.2) is 0 Å². The molecule has 5 nitrogen and oxygen atoms in total. The van der Waals surface area contributed by atoms with E-state index in [9.17, 15) is 0 Å². The molecular formula is C9H7N5. The minimum atomic E-state index is 0.476. The summed E-state index contributed by atoms with van der Waals surface area (Å²) in [5.74, 6) is 0. The van der Waals surface area contributed by atoms with Crippen LogP contribution in [0.1, 0.15) is 11.1 Å². The fraction of sp³-hybridized carbons (Fsp3) is 0.111. The van der Waals surface area contributed by atoms with Crippen LogP contribution in [-0.4, -0.2) is 20.2 Å². The van der Waals surface area contributed by atoms with E-state index in [2.05, 4.69) is 21.5 Å². The summed E-state index contributed by atoms with van der Waals surface area (Å²) >= 11 is 0. The Morgan fingerprint density at radius 3 is 2.93 bits per heavy atom. The van der Waals surface area contributed by atoms with Crippen molar-refractivity contribution in [2.45, 2.75) is 6.54 Å². The maximum absolute atomic E-state index is 8.83. The van der Waals surface area contributed by atoms with Crippen LogP contribution in [0, 0.1) is 11.3 Å². The van der Waals surface area contributed by atoms with E-state index >= 15 is 0 Å². The van der Waals surface area contributed by atoms with Crippen LogP contribution in [0.4, 0.5) is 0 Å². The molecule has 0 amide bonds. The molecule has 1 aromatic carbocycles. The summed E-state index contributed by atoms with van der Waals surface area (Å²) in [6.45, 7) is 0.476. The van der Waals surface area contributed by atoms with Gasteiger partial charge in [-0.1, -0.05) is 18.2 Å². The van der Waals surface area contributed by atoms with Gasteiger partial charge in [0, 0.05) is 0 Å². The zero-order valence-electron chi connectivity index (χ0n) is 7.33. The zero-order chi connectivity index (χ0) is 9.80. The lowest BCUT2D eigenvalue weighted by Gasteiger charge is -2.00. The molecule has 2 aromatic rings. The summed E-state index contributed by atoms with van der Waals surface area (Å²) in [7, 11) is 0. The molecule has 0 aliphatic rings. The molecule has 0 aliphatic carbocycles. The van der Waals surface area contributed by atoms with E-state index in [0.29, 0.717) is 12.1 Å². The Bertz CT molecular complexity index is 454. The van der Waals surface area contributed by atoms with Gasteiger partial charge in [0.2, 0.25) is 0 Å². The molecule has 0 radical (unpaired) electrons. The standard InChI is InChI=1S/C9H7N5/c10-5-8-3-1-2-4-9(8)6-14-12-7-11-13-14/h1-4,7H,6H2. The second-order valence-electron chi connectivity index (χ2n) is 2.74. The molecule has 2 rings (SSSR count). The molecular weight excluding hydrogens is 178 g/mol. The normalized spacial score (nSPS) is 9.64. The van der Waals surface area contributed by atoms with Crippen LogP contribution in [0.3, 0.4) is 0 Å². The second-order valence-corrected chi connectivity index (χ2v) is 2.74. The van der Waals surface area contributed by atoms with Crippen LogP contribution in [-0.2, 0) is 6.54 Å². The highest BCUT2D eigenvalue weighted by molar-refractivity contribution is 5.37. The summed E-state index contributed by atoms with van der Waals surface area (Å²) in [5.41, 5.74) is 1.54. The molecule has 1 aromatic heterocycles. The van der Waals surface area contributed by atoms with E-state index in [0.717, 1.165) is 5.56 Å². The van der Waals surface area contributed by atoms with Crippen molar-refractivity contribution in [3.05, 3.63) is 41.7 Å². The Morgan fingerprint density at radius 2 is 2.21 bits per heavy atom. The van der Waals surface area contributed by atoms with Crippen LogP contribution in [0.2, 0.25) is 0 Å². The van der Waals surface area contributed by atoms with E-state index in [1.165, 1.54) is 11.1 Å². The molecule has 1 heterocycles. The van der Waals surface area contributed by atoms with Gasteiger partial charge in [-0.05, 0) is 16.8 Å². The third-order valence-electron chi connectivity index (χ3n) is 1.84. The van der Waals surface area contributed by atoms with Crippen molar-refractivity contribution in [1.29, 1.82) is 5.26 Å². The molecule has 0 spiro atoms. The monoisotopic (exact) mass is 185 g/mol. The Balaban J connectivity index is 2.30. The van der Waals surface area contributed by atoms with Crippen molar-refractivity contribution < 1.29 is 0 Å². The Hall–Kier alpha value is -2.22. The Morgan fingerprint density at radius 1 is 1.36 bits per heavy atom. The van der Waals surface area contributed by atoms with Gasteiger partial charge in [0.05, 0.1) is 18.2 Å². The maximum atomic E-state index is 8.83. The van der Waals surface area contributed by atoms with Gasteiger partial charge in [0.15, 0.2) is 6.33 Å². The van der Waals surface area contributed by atoms with Crippen molar-refractivity contribution >= 4 is 0 Å². The lowest BCUT2D eigenvalue weighted by atomic mass is 10.1. The molecule has 68 valence electrons. The molecule has 5 heteroatoms. The van der Waals surface area contributed by atoms with E-state index in [4.69, 9.17) is 5.26 Å². The molecule has 0 atom stereocenters. The number of hydrogen-bond donors (Lipinski definition) is 0. The van der Waals surface area contributed by atoms with E-state index in [1.807, 2.05) is 18.2 Å². The summed E-state index contributed by atoms with van der Waals surface area (Å²) < 4.78 is 0. The number of rotatable bonds is 2. The first-order chi connectivity index (χ1) is 6.90. The van der Waals surface area contributed by atoms with E-state index in [-0.39, 0.29) is 0 Å². The first-order valence-electron chi connectivity index (χ1n) is 4.09. The van der Waals surface area contributed by atoms with Crippen LogP contribution in [0.25, 0.3) is 0 Å². The smallest absolute Gasteiger partial charge is 0.162 e. The molecule has 14 heavy (non-hydrogen) atoms. The lowest BCUT2D eigenvalue weighted by molar-refractivity contribution is 0.572. The number of nitrogens with zero attached hydrogens (tertiary/aromatic N) is 5. The largest absolute Gasteiger partial charge is 0.192 e. The number of tetrazole rings is 1. The molecule has 0 bridgehead atoms. The number of hydrogen-bond acceptors (Lipinski definition) is 4. The topological polar surface area (TPSA) is 67.4 Å². The average molecular weight is 185 g/mol. The summed E-state index contributed by atoms with van der Waals surface area (Å²) in [6.07, 6.45) is 1.37. The Kier molecular flexibility index (Phi) is 2.19. The number of benzene rings is 1. The zero-order valence-corrected chi connectivity index (χ0v) is 7.33. The second kappa shape index (κ2) is 3.66. The fourth-order valence-corrected chi connectivity index (χ4v) is 1.18. The molecule has 0 N–H and O–H groups in total. The first kappa shape index (κ1) is 8.38. The van der Waals surface area contributed by atoms with Gasteiger partial charge in [0.1, 0.15) is 0 Å². The van der Waals surface area contributed by atoms with E-state index < -0.39 is 0 Å². The van der Waals surface area contributed by atoms with Gasteiger partial charge in [0.25, 0.3) is 0 Å². The van der Waals surface area contributed by atoms with Crippen molar-refractivity contribution in [3.8, 4) is 6.07 Å². The van der Waals surface area contributed by atoms with Crippen molar-refractivity contribution in [2.75, 3.05) is 0 Å². The highest BCUT2D eigenvalue weighted by atomic mass is 15.6. The molecule has 0 fully saturated rings. The maximum Gasteiger partial charge on any atom is 0.162 e. The molecule has 0 unspecified atom stereocenters. The van der Waals surface area contributed by atoms with Crippen molar-refractivity contribution in [3.63, 3.8) is 0 Å². The SMILES string of the molecule is N#Cc1ccccc1Cn1ncnn1. The summed E-state index contributed by atoms with van der Waals surface area (Å²) in [6, 6.07) is 9.48. The summed E-state index contributed by atoms with van der Waals surface area (Å²) in [4.78, 5) is 1.44. The van der Waals surface area contributed by atoms with Crippen molar-refractivity contribution in [1.82, 2.24) is 20.2 Å². The molecule has 0 aliphatic heterocycles. The van der Waals surface area contributed by atoms with Crippen LogP contribution in [0.5, 0.6) is 0 Å². The average Bonchev–Trinajstić information content (AvgIpc) is 2.71. The van der Waals surface area contributed by atoms with Crippen molar-refractivity contribution in [2.24, 2.45) is 0 Å². The number of aromatic nitrogens is 4. The first-order valence-corrected chi connectivity index (χ1v) is 4.09. The highest BCUT2D eigenvalue weighted by Crippen LogP contribution is 2.07.